The Morgan fingerprint density at radius 3 is 2.68 bits per heavy atom. The molecule has 1 aliphatic rings. The monoisotopic (exact) mass is 274 g/mol. The number of alkyl halides is 3. The van der Waals surface area contributed by atoms with Gasteiger partial charge in [0.1, 0.15) is 0 Å². The van der Waals surface area contributed by atoms with Crippen molar-refractivity contribution >= 4 is 5.69 Å². The maximum Gasteiger partial charge on any atom is 0.416 e. The molecule has 3 nitrogen and oxygen atoms in total. The predicted molar refractivity (Wildman–Crippen MR) is 66.8 cm³/mol. The molecule has 106 valence electrons. The Morgan fingerprint density at radius 2 is 2.11 bits per heavy atom. The second-order valence-corrected chi connectivity index (χ2v) is 4.72. The summed E-state index contributed by atoms with van der Waals surface area (Å²) in [4.78, 5) is 1.95. The molecule has 1 aromatic rings. The third kappa shape index (κ3) is 2.84. The zero-order valence-electron chi connectivity index (χ0n) is 10.5. The van der Waals surface area contributed by atoms with Gasteiger partial charge in [0.05, 0.1) is 18.2 Å². The van der Waals surface area contributed by atoms with Crippen LogP contribution in [0.1, 0.15) is 24.0 Å². The summed E-state index contributed by atoms with van der Waals surface area (Å²) in [6.07, 6.45) is -2.58. The normalized spacial score (nSPS) is 20.1. The molecule has 2 rings (SSSR count). The van der Waals surface area contributed by atoms with Gasteiger partial charge in [0, 0.05) is 18.8 Å². The molecule has 0 spiro atoms. The van der Waals surface area contributed by atoms with E-state index in [0.29, 0.717) is 11.3 Å². The van der Waals surface area contributed by atoms with Crippen LogP contribution in [0.5, 0.6) is 0 Å². The Kier molecular flexibility index (Phi) is 4.01. The number of anilines is 1. The van der Waals surface area contributed by atoms with Crippen LogP contribution in [-0.4, -0.2) is 24.3 Å². The van der Waals surface area contributed by atoms with Crippen LogP contribution < -0.4 is 10.6 Å². The molecule has 0 aromatic heterocycles. The summed E-state index contributed by atoms with van der Waals surface area (Å²) in [6.45, 7) is 0.794. The molecule has 1 heterocycles. The van der Waals surface area contributed by atoms with Crippen molar-refractivity contribution < 1.29 is 18.3 Å². The van der Waals surface area contributed by atoms with Crippen LogP contribution >= 0.6 is 0 Å². The van der Waals surface area contributed by atoms with E-state index in [2.05, 4.69) is 0 Å². The van der Waals surface area contributed by atoms with Gasteiger partial charge in [-0.1, -0.05) is 0 Å². The van der Waals surface area contributed by atoms with Crippen LogP contribution in [0.2, 0.25) is 0 Å². The van der Waals surface area contributed by atoms with E-state index in [0.717, 1.165) is 31.5 Å². The Labute approximate surface area is 109 Å². The lowest BCUT2D eigenvalue weighted by atomic mass is 10.1. The SMILES string of the molecule is NCc1cc(C(F)(F)F)ccc1N1CCCC1CO. The molecule has 0 aliphatic carbocycles. The van der Waals surface area contributed by atoms with E-state index in [1.165, 1.54) is 6.07 Å². The molecule has 6 heteroatoms. The molecule has 0 bridgehead atoms. The molecule has 0 amide bonds. The minimum absolute atomic E-state index is 0.00499. The Balaban J connectivity index is 2.36. The van der Waals surface area contributed by atoms with Crippen molar-refractivity contribution in [3.63, 3.8) is 0 Å². The second kappa shape index (κ2) is 5.38. The van der Waals surface area contributed by atoms with E-state index in [1.807, 2.05) is 4.90 Å². The van der Waals surface area contributed by atoms with E-state index in [-0.39, 0.29) is 19.2 Å². The number of nitrogens with zero attached hydrogens (tertiary/aromatic N) is 1. The molecule has 1 saturated heterocycles. The number of nitrogens with two attached hydrogens (primary N) is 1. The van der Waals surface area contributed by atoms with Gasteiger partial charge < -0.3 is 15.7 Å². The number of aliphatic hydroxyl groups is 1. The fourth-order valence-electron chi connectivity index (χ4n) is 2.55. The van der Waals surface area contributed by atoms with Gasteiger partial charge in [-0.15, -0.1) is 0 Å². The van der Waals surface area contributed by atoms with E-state index >= 15 is 0 Å². The van der Waals surface area contributed by atoms with Crippen molar-refractivity contribution in [3.05, 3.63) is 29.3 Å². The standard InChI is InChI=1S/C13H17F3N2O/c14-13(15,16)10-3-4-12(9(6-10)7-17)18-5-1-2-11(18)8-19/h3-4,6,11,19H,1-2,5,7-8,17H2. The molecule has 1 aromatic carbocycles. The maximum absolute atomic E-state index is 12.7. The van der Waals surface area contributed by atoms with E-state index < -0.39 is 11.7 Å². The molecule has 3 N–H and O–H groups in total. The number of benzene rings is 1. The van der Waals surface area contributed by atoms with Crippen LogP contribution in [-0.2, 0) is 12.7 Å². The maximum atomic E-state index is 12.7. The molecule has 19 heavy (non-hydrogen) atoms. The van der Waals surface area contributed by atoms with E-state index in [1.54, 1.807) is 0 Å². The Morgan fingerprint density at radius 1 is 1.37 bits per heavy atom. The molecule has 1 aliphatic heterocycles. The smallest absolute Gasteiger partial charge is 0.394 e. The number of aliphatic hydroxyl groups excluding tert-OH is 1. The van der Waals surface area contributed by atoms with Crippen LogP contribution in [0.3, 0.4) is 0 Å². The summed E-state index contributed by atoms with van der Waals surface area (Å²) in [7, 11) is 0. The van der Waals surface area contributed by atoms with Crippen molar-refractivity contribution in [3.8, 4) is 0 Å². The van der Waals surface area contributed by atoms with Crippen molar-refractivity contribution in [2.45, 2.75) is 31.6 Å². The highest BCUT2D eigenvalue weighted by molar-refractivity contribution is 5.57. The van der Waals surface area contributed by atoms with Gasteiger partial charge in [-0.05, 0) is 36.6 Å². The highest BCUT2D eigenvalue weighted by Crippen LogP contribution is 2.34. The average Bonchev–Trinajstić information content (AvgIpc) is 2.84. The van der Waals surface area contributed by atoms with Gasteiger partial charge >= 0.3 is 6.18 Å². The first-order valence-electron chi connectivity index (χ1n) is 6.25. The number of hydrogen-bond acceptors (Lipinski definition) is 3. The van der Waals surface area contributed by atoms with Crippen LogP contribution in [0, 0.1) is 0 Å². The fourth-order valence-corrected chi connectivity index (χ4v) is 2.55. The van der Waals surface area contributed by atoms with Crippen molar-refractivity contribution in [1.29, 1.82) is 0 Å². The van der Waals surface area contributed by atoms with Gasteiger partial charge in [0.15, 0.2) is 0 Å². The van der Waals surface area contributed by atoms with Gasteiger partial charge in [-0.3, -0.25) is 0 Å². The zero-order chi connectivity index (χ0) is 14.0. The van der Waals surface area contributed by atoms with Crippen molar-refractivity contribution in [1.82, 2.24) is 0 Å². The van der Waals surface area contributed by atoms with Gasteiger partial charge in [-0.2, -0.15) is 13.2 Å². The van der Waals surface area contributed by atoms with Crippen LogP contribution in [0.25, 0.3) is 0 Å². The molecular weight excluding hydrogens is 257 g/mol. The lowest BCUT2D eigenvalue weighted by Crippen LogP contribution is -2.33. The molecule has 1 fully saturated rings. The molecule has 0 saturated carbocycles. The molecular formula is C13H17F3N2O. The fraction of sp³-hybridized carbons (Fsp3) is 0.538. The number of halogens is 3. The summed E-state index contributed by atoms with van der Waals surface area (Å²) in [5.74, 6) is 0. The molecule has 1 atom stereocenters. The number of hydrogen-bond donors (Lipinski definition) is 2. The molecule has 0 radical (unpaired) electrons. The summed E-state index contributed by atoms with van der Waals surface area (Å²) in [5.41, 5.74) is 6.05. The topological polar surface area (TPSA) is 49.5 Å². The quantitative estimate of drug-likeness (QED) is 0.887. The highest BCUT2D eigenvalue weighted by Gasteiger charge is 2.32. The first kappa shape index (κ1) is 14.1. The predicted octanol–water partition coefficient (Wildman–Crippen LogP) is 2.13. The second-order valence-electron chi connectivity index (χ2n) is 4.72. The highest BCUT2D eigenvalue weighted by atomic mass is 19.4. The Bertz CT molecular complexity index is 448. The zero-order valence-corrected chi connectivity index (χ0v) is 10.5. The van der Waals surface area contributed by atoms with Gasteiger partial charge in [-0.25, -0.2) is 0 Å². The summed E-state index contributed by atoms with van der Waals surface area (Å²) < 4.78 is 38.0. The van der Waals surface area contributed by atoms with Crippen LogP contribution in [0.4, 0.5) is 18.9 Å². The van der Waals surface area contributed by atoms with Crippen LogP contribution in [0.15, 0.2) is 18.2 Å². The lowest BCUT2D eigenvalue weighted by molar-refractivity contribution is -0.137. The minimum atomic E-state index is -4.36. The molecule has 1 unspecified atom stereocenters. The average molecular weight is 274 g/mol. The summed E-state index contributed by atoms with van der Waals surface area (Å²) >= 11 is 0. The first-order valence-corrected chi connectivity index (χ1v) is 6.25. The largest absolute Gasteiger partial charge is 0.416 e. The number of rotatable bonds is 3. The van der Waals surface area contributed by atoms with Gasteiger partial charge in [0.25, 0.3) is 0 Å². The Hall–Kier alpha value is -1.27. The van der Waals surface area contributed by atoms with E-state index in [4.69, 9.17) is 5.73 Å². The first-order chi connectivity index (χ1) is 8.97. The van der Waals surface area contributed by atoms with E-state index in [9.17, 15) is 18.3 Å². The van der Waals surface area contributed by atoms with Gasteiger partial charge in [0.2, 0.25) is 0 Å². The van der Waals surface area contributed by atoms with Crippen molar-refractivity contribution in [2.24, 2.45) is 5.73 Å². The third-order valence-corrected chi connectivity index (χ3v) is 3.52. The van der Waals surface area contributed by atoms with Crippen molar-refractivity contribution in [2.75, 3.05) is 18.1 Å². The lowest BCUT2D eigenvalue weighted by Gasteiger charge is -2.28. The third-order valence-electron chi connectivity index (χ3n) is 3.52. The summed E-state index contributed by atoms with van der Waals surface area (Å²) in [5, 5.41) is 9.29. The summed E-state index contributed by atoms with van der Waals surface area (Å²) in [6, 6.07) is 3.60. The minimum Gasteiger partial charge on any atom is -0.394 e.